The molecule has 0 spiro atoms. The molecular weight excluding hydrogens is 492 g/mol. The van der Waals surface area contributed by atoms with Gasteiger partial charge < -0.3 is 23.7 Å². The van der Waals surface area contributed by atoms with Gasteiger partial charge in [-0.1, -0.05) is 123 Å². The number of rotatable bonds is 34. The van der Waals surface area contributed by atoms with Crippen molar-refractivity contribution in [3.63, 3.8) is 0 Å². The fourth-order valence-corrected chi connectivity index (χ4v) is 4.44. The van der Waals surface area contributed by atoms with E-state index in [1.165, 1.54) is 103 Å². The molecule has 0 radical (unpaired) electrons. The molecule has 0 saturated carbocycles. The fraction of sp³-hybridized carbons (Fsp3) is 0.970. The Hall–Kier alpha value is -0.690. The first-order chi connectivity index (χ1) is 19.3. The summed E-state index contributed by atoms with van der Waals surface area (Å²) in [5, 5.41) is 0. The first kappa shape index (κ1) is 38.3. The summed E-state index contributed by atoms with van der Waals surface area (Å²) in [5.41, 5.74) is 0. The molecule has 0 aliphatic rings. The smallest absolute Gasteiger partial charge is 0.305 e. The molecule has 0 aliphatic heterocycles. The predicted octanol–water partition coefficient (Wildman–Crippen LogP) is 8.83. The quantitative estimate of drug-likeness (QED) is 0.0581. The molecule has 0 bridgehead atoms. The highest BCUT2D eigenvalue weighted by Crippen LogP contribution is 2.13. The van der Waals surface area contributed by atoms with Crippen LogP contribution in [-0.2, 0) is 28.5 Å². The number of hydrogen-bond donors (Lipinski definition) is 0. The number of ether oxygens (including phenoxy) is 5. The van der Waals surface area contributed by atoms with E-state index in [1.807, 2.05) is 0 Å². The summed E-state index contributed by atoms with van der Waals surface area (Å²) < 4.78 is 27.4. The molecule has 234 valence electrons. The summed E-state index contributed by atoms with van der Waals surface area (Å²) in [5.74, 6) is -0.109. The van der Waals surface area contributed by atoms with Gasteiger partial charge in [-0.3, -0.25) is 4.79 Å². The third kappa shape index (κ3) is 35.3. The molecule has 0 fully saturated rings. The first-order valence-electron chi connectivity index (χ1n) is 16.8. The minimum Gasteiger partial charge on any atom is -0.466 e. The van der Waals surface area contributed by atoms with Crippen LogP contribution in [0.15, 0.2) is 0 Å². The van der Waals surface area contributed by atoms with Gasteiger partial charge in [0.2, 0.25) is 0 Å². The zero-order valence-electron chi connectivity index (χ0n) is 26.2. The summed E-state index contributed by atoms with van der Waals surface area (Å²) in [6, 6.07) is 0. The van der Waals surface area contributed by atoms with E-state index >= 15 is 0 Å². The van der Waals surface area contributed by atoms with Gasteiger partial charge in [0.15, 0.2) is 0 Å². The Labute approximate surface area is 242 Å². The SMILES string of the molecule is CCCCCCCCCCCCCCCCOC(=O)CCCOCCOCCOCCOCCCCCCC. The lowest BCUT2D eigenvalue weighted by molar-refractivity contribution is -0.144. The van der Waals surface area contributed by atoms with Gasteiger partial charge in [-0.25, -0.2) is 0 Å². The second-order valence-corrected chi connectivity index (χ2v) is 10.8. The molecule has 0 saturated heterocycles. The Kier molecular flexibility index (Phi) is 34.7. The van der Waals surface area contributed by atoms with E-state index in [2.05, 4.69) is 13.8 Å². The van der Waals surface area contributed by atoms with E-state index in [0.717, 1.165) is 25.9 Å². The maximum Gasteiger partial charge on any atom is 0.305 e. The molecule has 0 aliphatic carbocycles. The van der Waals surface area contributed by atoms with Crippen LogP contribution in [0.4, 0.5) is 0 Å². The molecule has 0 rings (SSSR count). The van der Waals surface area contributed by atoms with Crippen molar-refractivity contribution in [3.8, 4) is 0 Å². The molecule has 39 heavy (non-hydrogen) atoms. The van der Waals surface area contributed by atoms with Gasteiger partial charge in [0.25, 0.3) is 0 Å². The summed E-state index contributed by atoms with van der Waals surface area (Å²) in [6.07, 6.45) is 26.1. The van der Waals surface area contributed by atoms with Crippen molar-refractivity contribution in [2.24, 2.45) is 0 Å². The normalized spacial score (nSPS) is 11.3. The minimum absolute atomic E-state index is 0.109. The summed E-state index contributed by atoms with van der Waals surface area (Å²) in [6.45, 7) is 9.93. The fourth-order valence-electron chi connectivity index (χ4n) is 4.44. The lowest BCUT2D eigenvalue weighted by Crippen LogP contribution is -2.12. The average molecular weight is 559 g/mol. The molecule has 0 aromatic heterocycles. The molecular formula is C33H66O6. The molecule has 0 unspecified atom stereocenters. The number of carbonyl (C=O) groups is 1. The Morgan fingerprint density at radius 1 is 0.359 bits per heavy atom. The lowest BCUT2D eigenvalue weighted by atomic mass is 10.0. The van der Waals surface area contributed by atoms with Gasteiger partial charge in [0.1, 0.15) is 0 Å². The third-order valence-electron chi connectivity index (χ3n) is 6.94. The van der Waals surface area contributed by atoms with Gasteiger partial charge in [0, 0.05) is 19.6 Å². The van der Waals surface area contributed by atoms with Crippen molar-refractivity contribution >= 4 is 5.97 Å². The average Bonchev–Trinajstić information content (AvgIpc) is 2.94. The van der Waals surface area contributed by atoms with Crippen molar-refractivity contribution in [2.75, 3.05) is 59.5 Å². The van der Waals surface area contributed by atoms with Crippen LogP contribution in [0.1, 0.15) is 149 Å². The Morgan fingerprint density at radius 3 is 1.08 bits per heavy atom. The van der Waals surface area contributed by atoms with Crippen LogP contribution in [-0.4, -0.2) is 65.4 Å². The highest BCUT2D eigenvalue weighted by molar-refractivity contribution is 5.69. The Balaban J connectivity index is 3.14. The van der Waals surface area contributed by atoms with E-state index in [0.29, 0.717) is 65.7 Å². The lowest BCUT2D eigenvalue weighted by Gasteiger charge is -2.08. The standard InChI is InChI=1S/C33H66O6/c1-3-5-7-9-10-11-12-13-14-15-16-17-19-21-26-39-33(34)23-22-25-36-28-30-38-32-31-37-29-27-35-24-20-18-8-6-4-2/h3-32H2,1-2H3. The molecule has 6 nitrogen and oxygen atoms in total. The van der Waals surface area contributed by atoms with E-state index < -0.39 is 0 Å². The second-order valence-electron chi connectivity index (χ2n) is 10.8. The number of unbranched alkanes of at least 4 members (excludes halogenated alkanes) is 17. The van der Waals surface area contributed by atoms with Crippen molar-refractivity contribution in [3.05, 3.63) is 0 Å². The zero-order valence-corrected chi connectivity index (χ0v) is 26.2. The molecule has 0 aromatic carbocycles. The van der Waals surface area contributed by atoms with Crippen LogP contribution >= 0.6 is 0 Å². The van der Waals surface area contributed by atoms with Crippen molar-refractivity contribution in [1.82, 2.24) is 0 Å². The van der Waals surface area contributed by atoms with Crippen molar-refractivity contribution in [1.29, 1.82) is 0 Å². The van der Waals surface area contributed by atoms with Gasteiger partial charge in [-0.2, -0.15) is 0 Å². The van der Waals surface area contributed by atoms with Gasteiger partial charge >= 0.3 is 5.97 Å². The topological polar surface area (TPSA) is 63.2 Å². The minimum atomic E-state index is -0.109. The van der Waals surface area contributed by atoms with Crippen LogP contribution in [0.25, 0.3) is 0 Å². The Morgan fingerprint density at radius 2 is 0.667 bits per heavy atom. The highest BCUT2D eigenvalue weighted by atomic mass is 16.6. The van der Waals surface area contributed by atoms with Crippen LogP contribution in [0.3, 0.4) is 0 Å². The maximum atomic E-state index is 11.8. The van der Waals surface area contributed by atoms with E-state index in [9.17, 15) is 4.79 Å². The molecule has 0 N–H and O–H groups in total. The molecule has 0 amide bonds. The number of hydrogen-bond acceptors (Lipinski definition) is 6. The van der Waals surface area contributed by atoms with E-state index in [4.69, 9.17) is 23.7 Å². The predicted molar refractivity (Wildman–Crippen MR) is 163 cm³/mol. The van der Waals surface area contributed by atoms with Crippen molar-refractivity contribution < 1.29 is 28.5 Å². The van der Waals surface area contributed by atoms with Crippen LogP contribution in [0.5, 0.6) is 0 Å². The van der Waals surface area contributed by atoms with Crippen LogP contribution in [0.2, 0.25) is 0 Å². The monoisotopic (exact) mass is 558 g/mol. The van der Waals surface area contributed by atoms with Gasteiger partial charge in [-0.05, 0) is 19.3 Å². The summed E-state index contributed by atoms with van der Waals surface area (Å²) in [4.78, 5) is 11.8. The number of esters is 1. The van der Waals surface area contributed by atoms with Gasteiger partial charge in [-0.15, -0.1) is 0 Å². The Bertz CT molecular complexity index is 459. The van der Waals surface area contributed by atoms with Crippen LogP contribution < -0.4 is 0 Å². The van der Waals surface area contributed by atoms with Gasteiger partial charge in [0.05, 0.1) is 46.2 Å². The molecule has 0 atom stereocenters. The second kappa shape index (κ2) is 35.3. The number of carbonyl (C=O) groups excluding carboxylic acids is 1. The van der Waals surface area contributed by atoms with E-state index in [1.54, 1.807) is 0 Å². The first-order valence-corrected chi connectivity index (χ1v) is 16.8. The summed E-state index contributed by atoms with van der Waals surface area (Å²) in [7, 11) is 0. The maximum absolute atomic E-state index is 11.8. The van der Waals surface area contributed by atoms with Crippen LogP contribution in [0, 0.1) is 0 Å². The molecule has 0 heterocycles. The molecule has 0 aromatic rings. The highest BCUT2D eigenvalue weighted by Gasteiger charge is 2.03. The van der Waals surface area contributed by atoms with E-state index in [-0.39, 0.29) is 5.97 Å². The third-order valence-corrected chi connectivity index (χ3v) is 6.94. The van der Waals surface area contributed by atoms with Crippen molar-refractivity contribution in [2.45, 2.75) is 149 Å². The zero-order chi connectivity index (χ0) is 28.3. The summed E-state index contributed by atoms with van der Waals surface area (Å²) >= 11 is 0. The molecule has 6 heteroatoms. The largest absolute Gasteiger partial charge is 0.466 e.